The number of hydrogen-bond donors (Lipinski definition) is 6. The van der Waals surface area contributed by atoms with Gasteiger partial charge in [0.25, 0.3) is 0 Å². The lowest BCUT2D eigenvalue weighted by Gasteiger charge is -2.08. The molecular weight excluding hydrogens is 769 g/mol. The van der Waals surface area contributed by atoms with Crippen LogP contribution in [0.3, 0.4) is 0 Å². The third kappa shape index (κ3) is 32.4. The summed E-state index contributed by atoms with van der Waals surface area (Å²) in [4.78, 5) is 0. The summed E-state index contributed by atoms with van der Waals surface area (Å²) in [6.07, 6.45) is 6.24. The van der Waals surface area contributed by atoms with Crippen LogP contribution in [-0.4, -0.2) is 57.4 Å². The van der Waals surface area contributed by atoms with Crippen molar-refractivity contribution in [2.24, 2.45) is 17.2 Å². The summed E-state index contributed by atoms with van der Waals surface area (Å²) in [5, 5.41) is 9.64. The van der Waals surface area contributed by atoms with Gasteiger partial charge in [0.05, 0.1) is 0 Å². The van der Waals surface area contributed by atoms with Gasteiger partial charge in [0.15, 0.2) is 0 Å². The van der Waals surface area contributed by atoms with Crippen molar-refractivity contribution in [2.45, 2.75) is 116 Å². The molecular formula is C57H84N6. The van der Waals surface area contributed by atoms with Gasteiger partial charge in [-0.2, -0.15) is 0 Å². The van der Waals surface area contributed by atoms with E-state index in [9.17, 15) is 0 Å². The fraction of sp³-hybridized carbons (Fsp3) is 0.368. The number of nitrogens with two attached hydrogens (primary N) is 3. The molecule has 6 rings (SSSR count). The Bertz CT molecular complexity index is 1620. The molecule has 0 aromatic heterocycles. The minimum atomic E-state index is 0.266. The maximum atomic E-state index is 5.62. The van der Waals surface area contributed by atoms with E-state index in [-0.39, 0.29) is 18.1 Å². The molecule has 0 aliphatic rings. The topological polar surface area (TPSA) is 114 Å². The maximum Gasteiger partial charge on any atom is 0.00761 e. The lowest BCUT2D eigenvalue weighted by atomic mass is 10.1. The van der Waals surface area contributed by atoms with E-state index >= 15 is 0 Å². The Hall–Kier alpha value is -4.92. The van der Waals surface area contributed by atoms with Crippen molar-refractivity contribution in [2.75, 3.05) is 21.1 Å². The van der Waals surface area contributed by atoms with Gasteiger partial charge in [-0.25, -0.2) is 0 Å². The molecule has 0 aliphatic carbocycles. The third-order valence-corrected chi connectivity index (χ3v) is 9.83. The van der Waals surface area contributed by atoms with E-state index in [0.717, 1.165) is 38.5 Å². The first kappa shape index (κ1) is 56.1. The number of nitrogens with one attached hydrogen (secondary N) is 3. The lowest BCUT2D eigenvalue weighted by Crippen LogP contribution is -2.23. The Balaban J connectivity index is 0.000000378. The predicted octanol–water partition coefficient (Wildman–Crippen LogP) is 10.2. The Labute approximate surface area is 384 Å². The highest BCUT2D eigenvalue weighted by molar-refractivity contribution is 5.19. The standard InChI is InChI=1S/3C10H15N.3C9H13N/c3*1-9(11-2)8-10-6-4-3-5-7-10;3*1-8(10)7-9-5-3-2-4-6-9/h3*3-7,9,11H,8H2,1-2H3;3*2-6,8H,7,10H2,1H3. The summed E-state index contributed by atoms with van der Waals surface area (Å²) in [6.45, 7) is 12.6. The number of likely N-dealkylation sites (N-methyl/N-ethyl adjacent to an activating group) is 3. The van der Waals surface area contributed by atoms with Crippen molar-refractivity contribution < 1.29 is 0 Å². The summed E-state index contributed by atoms with van der Waals surface area (Å²) in [7, 11) is 5.98. The zero-order valence-electron chi connectivity index (χ0n) is 40.3. The molecule has 9 N–H and O–H groups in total. The first-order chi connectivity index (χ1) is 30.3. The van der Waals surface area contributed by atoms with Crippen molar-refractivity contribution in [3.63, 3.8) is 0 Å². The molecule has 0 saturated heterocycles. The van der Waals surface area contributed by atoms with Crippen LogP contribution in [0.25, 0.3) is 0 Å². The van der Waals surface area contributed by atoms with Crippen molar-refractivity contribution in [3.8, 4) is 0 Å². The van der Waals surface area contributed by atoms with Crippen LogP contribution < -0.4 is 33.2 Å². The largest absolute Gasteiger partial charge is 0.328 e. The van der Waals surface area contributed by atoms with Crippen molar-refractivity contribution in [1.82, 2.24) is 16.0 Å². The van der Waals surface area contributed by atoms with Gasteiger partial charge in [0.2, 0.25) is 0 Å². The molecule has 342 valence electrons. The number of hydrogen-bond acceptors (Lipinski definition) is 6. The molecule has 6 nitrogen and oxygen atoms in total. The van der Waals surface area contributed by atoms with Crippen LogP contribution in [0, 0.1) is 0 Å². The van der Waals surface area contributed by atoms with Gasteiger partial charge in [-0.3, -0.25) is 0 Å². The van der Waals surface area contributed by atoms with E-state index in [1.165, 1.54) is 33.4 Å². The summed E-state index contributed by atoms with van der Waals surface area (Å²) in [5.41, 5.74) is 25.0. The van der Waals surface area contributed by atoms with Crippen LogP contribution in [0.2, 0.25) is 0 Å². The molecule has 6 heteroatoms. The molecule has 0 aliphatic heterocycles. The molecule has 0 bridgehead atoms. The van der Waals surface area contributed by atoms with Crippen LogP contribution in [0.4, 0.5) is 0 Å². The van der Waals surface area contributed by atoms with Crippen molar-refractivity contribution in [1.29, 1.82) is 0 Å². The molecule has 0 spiro atoms. The van der Waals surface area contributed by atoms with E-state index in [1.807, 2.05) is 115 Å². The molecule has 63 heavy (non-hydrogen) atoms. The Kier molecular flexibility index (Phi) is 32.5. The fourth-order valence-corrected chi connectivity index (χ4v) is 6.17. The molecule has 0 amide bonds. The SMILES string of the molecule is CC(N)Cc1ccccc1.CC(N)Cc1ccccc1.CC(N)Cc1ccccc1.CNC(C)Cc1ccccc1.CNC(C)Cc1ccccc1.CNC(C)Cc1ccccc1. The third-order valence-electron chi connectivity index (χ3n) is 9.83. The van der Waals surface area contributed by atoms with Gasteiger partial charge in [-0.1, -0.05) is 182 Å². The maximum absolute atomic E-state index is 5.62. The lowest BCUT2D eigenvalue weighted by molar-refractivity contribution is 0.608. The van der Waals surface area contributed by atoms with Crippen LogP contribution in [-0.2, 0) is 38.5 Å². The van der Waals surface area contributed by atoms with Gasteiger partial charge in [0.1, 0.15) is 0 Å². The monoisotopic (exact) mass is 853 g/mol. The average Bonchev–Trinajstić information content (AvgIpc) is 3.29. The zero-order valence-corrected chi connectivity index (χ0v) is 40.3. The smallest absolute Gasteiger partial charge is 0.00761 e. The first-order valence-electron chi connectivity index (χ1n) is 22.9. The number of rotatable bonds is 15. The average molecular weight is 853 g/mol. The second kappa shape index (κ2) is 36.6. The highest BCUT2D eigenvalue weighted by atomic mass is 14.9. The second-order valence-electron chi connectivity index (χ2n) is 16.6. The van der Waals surface area contributed by atoms with Crippen LogP contribution in [0.5, 0.6) is 0 Å². The van der Waals surface area contributed by atoms with Crippen molar-refractivity contribution >= 4 is 0 Å². The number of benzene rings is 6. The second-order valence-corrected chi connectivity index (χ2v) is 16.6. The van der Waals surface area contributed by atoms with E-state index in [1.54, 1.807) is 0 Å². The van der Waals surface area contributed by atoms with Crippen LogP contribution >= 0.6 is 0 Å². The van der Waals surface area contributed by atoms with Gasteiger partial charge < -0.3 is 33.2 Å². The summed E-state index contributed by atoms with van der Waals surface area (Å²) < 4.78 is 0. The van der Waals surface area contributed by atoms with E-state index in [0.29, 0.717) is 18.1 Å². The highest BCUT2D eigenvalue weighted by Gasteiger charge is 2.00. The van der Waals surface area contributed by atoms with E-state index < -0.39 is 0 Å². The first-order valence-corrected chi connectivity index (χ1v) is 22.9. The molecule has 0 fully saturated rings. The van der Waals surface area contributed by atoms with Gasteiger partial charge in [0, 0.05) is 36.3 Å². The zero-order chi connectivity index (χ0) is 46.5. The summed E-state index contributed by atoms with van der Waals surface area (Å²) in [6, 6.07) is 65.0. The van der Waals surface area contributed by atoms with Gasteiger partial charge in [-0.15, -0.1) is 0 Å². The summed E-state index contributed by atoms with van der Waals surface area (Å²) >= 11 is 0. The molecule has 0 saturated carbocycles. The minimum Gasteiger partial charge on any atom is -0.328 e. The Morgan fingerprint density at radius 3 is 0.540 bits per heavy atom. The van der Waals surface area contributed by atoms with E-state index in [4.69, 9.17) is 17.2 Å². The van der Waals surface area contributed by atoms with E-state index in [2.05, 4.69) is 146 Å². The molecule has 6 aromatic rings. The minimum absolute atomic E-state index is 0.266. The molecule has 6 atom stereocenters. The molecule has 6 aromatic carbocycles. The van der Waals surface area contributed by atoms with Crippen LogP contribution in [0.1, 0.15) is 74.9 Å². The molecule has 0 radical (unpaired) electrons. The molecule has 0 heterocycles. The van der Waals surface area contributed by atoms with Crippen LogP contribution in [0.15, 0.2) is 182 Å². The Morgan fingerprint density at radius 2 is 0.413 bits per heavy atom. The highest BCUT2D eigenvalue weighted by Crippen LogP contribution is 2.05. The fourth-order valence-electron chi connectivity index (χ4n) is 6.17. The Morgan fingerprint density at radius 1 is 0.270 bits per heavy atom. The van der Waals surface area contributed by atoms with Gasteiger partial charge in [-0.05, 0) is 135 Å². The van der Waals surface area contributed by atoms with Crippen molar-refractivity contribution in [3.05, 3.63) is 215 Å². The summed E-state index contributed by atoms with van der Waals surface area (Å²) in [5.74, 6) is 0. The quantitative estimate of drug-likeness (QED) is 0.0613. The molecule has 6 unspecified atom stereocenters. The predicted molar refractivity (Wildman–Crippen MR) is 277 cm³/mol. The van der Waals surface area contributed by atoms with Gasteiger partial charge >= 0.3 is 0 Å². The normalized spacial score (nSPS) is 13.0.